The predicted octanol–water partition coefficient (Wildman–Crippen LogP) is 4.34. The van der Waals surface area contributed by atoms with Gasteiger partial charge in [0, 0.05) is 70.4 Å². The smallest absolute Gasteiger partial charge is 0.418 e. The Kier molecular flexibility index (Phi) is 10.2. The van der Waals surface area contributed by atoms with Crippen molar-refractivity contribution < 1.29 is 27.5 Å². The van der Waals surface area contributed by atoms with E-state index in [1.807, 2.05) is 60.4 Å². The molecule has 1 atom stereocenters. The number of carbonyl (C=O) groups excluding carboxylic acids is 2. The maximum atomic E-state index is 13.3. The third kappa shape index (κ3) is 7.99. The molecule has 2 saturated heterocycles. The molecular formula is C34H49N7O6S. The standard InChI is InChI=1S/C34H49N7O6S/c1-34(2,3)25-19-27(31(46-7)28(20-25)36-48(8,44)45)35-32(42)47-29-18-23-10-9-11-24(30(23)38(29)6)21-39-14-16-40(17-15-39)33(43)41-13-12-26(22-41)37(4)5/h9-11,18-20,26,36H,12-17,21-22H2,1-8H3,(H,35,42)/t26-/m0/s1. The molecule has 13 nitrogen and oxygen atoms in total. The maximum absolute atomic E-state index is 13.3. The van der Waals surface area contributed by atoms with Crippen LogP contribution in [0.3, 0.4) is 0 Å². The number of carbonyl (C=O) groups is 2. The highest BCUT2D eigenvalue weighted by Crippen LogP contribution is 2.39. The number of amides is 3. The molecule has 0 radical (unpaired) electrons. The first-order valence-electron chi connectivity index (χ1n) is 16.2. The van der Waals surface area contributed by atoms with Crippen molar-refractivity contribution in [1.82, 2.24) is 24.2 Å². The molecule has 2 aromatic carbocycles. The number of anilines is 2. The molecular weight excluding hydrogens is 634 g/mol. The number of nitrogens with zero attached hydrogens (tertiary/aromatic N) is 5. The number of likely N-dealkylation sites (N-methyl/N-ethyl adjacent to an activating group) is 1. The van der Waals surface area contributed by atoms with E-state index in [9.17, 15) is 18.0 Å². The van der Waals surface area contributed by atoms with Gasteiger partial charge in [-0.3, -0.25) is 14.9 Å². The second kappa shape index (κ2) is 13.8. The molecule has 0 spiro atoms. The zero-order valence-electron chi connectivity index (χ0n) is 29.3. The fraction of sp³-hybridized carbons (Fsp3) is 0.529. The van der Waals surface area contributed by atoms with E-state index in [-0.39, 0.29) is 28.6 Å². The summed E-state index contributed by atoms with van der Waals surface area (Å²) >= 11 is 0. The van der Waals surface area contributed by atoms with Gasteiger partial charge in [-0.15, -0.1) is 0 Å². The summed E-state index contributed by atoms with van der Waals surface area (Å²) in [7, 11) is 3.78. The molecule has 1 aromatic heterocycles. The Bertz CT molecular complexity index is 1770. The Morgan fingerprint density at radius 1 is 1.00 bits per heavy atom. The van der Waals surface area contributed by atoms with Crippen molar-refractivity contribution in [1.29, 1.82) is 0 Å². The highest BCUT2D eigenvalue weighted by atomic mass is 32.2. The van der Waals surface area contributed by atoms with Gasteiger partial charge in [-0.1, -0.05) is 39.0 Å². The van der Waals surface area contributed by atoms with Crippen LogP contribution in [0.1, 0.15) is 38.3 Å². The van der Waals surface area contributed by atoms with Crippen LogP contribution in [0.15, 0.2) is 36.4 Å². The molecule has 3 aromatic rings. The number of ether oxygens (including phenoxy) is 2. The summed E-state index contributed by atoms with van der Waals surface area (Å²) in [6.07, 6.45) is 1.32. The first-order chi connectivity index (χ1) is 22.5. The Morgan fingerprint density at radius 2 is 1.69 bits per heavy atom. The van der Waals surface area contributed by atoms with Crippen LogP contribution in [0.25, 0.3) is 10.9 Å². The number of fused-ring (bicyclic) bond motifs is 1. The normalized spacial score (nSPS) is 17.6. The van der Waals surface area contributed by atoms with Crippen molar-refractivity contribution in [2.75, 3.05) is 76.8 Å². The van der Waals surface area contributed by atoms with E-state index < -0.39 is 16.1 Å². The van der Waals surface area contributed by atoms with Gasteiger partial charge in [0.15, 0.2) is 5.75 Å². The lowest BCUT2D eigenvalue weighted by Gasteiger charge is -2.37. The lowest BCUT2D eigenvalue weighted by Crippen LogP contribution is -2.52. The van der Waals surface area contributed by atoms with Crippen LogP contribution in [0.5, 0.6) is 11.6 Å². The Hall–Kier alpha value is -4.01. The van der Waals surface area contributed by atoms with Gasteiger partial charge < -0.3 is 28.7 Å². The predicted molar refractivity (Wildman–Crippen MR) is 189 cm³/mol. The molecule has 5 rings (SSSR count). The number of sulfonamides is 1. The first-order valence-corrected chi connectivity index (χ1v) is 18.1. The quantitative estimate of drug-likeness (QED) is 0.359. The number of hydrogen-bond donors (Lipinski definition) is 2. The number of para-hydroxylation sites is 1. The number of hydrogen-bond acceptors (Lipinski definition) is 8. The van der Waals surface area contributed by atoms with Gasteiger partial charge in [-0.2, -0.15) is 0 Å². The molecule has 262 valence electrons. The summed E-state index contributed by atoms with van der Waals surface area (Å²) in [5.74, 6) is 0.525. The first kappa shape index (κ1) is 35.3. The van der Waals surface area contributed by atoms with Gasteiger partial charge in [0.25, 0.3) is 0 Å². The van der Waals surface area contributed by atoms with Crippen molar-refractivity contribution >= 4 is 44.4 Å². The number of piperazine rings is 1. The third-order valence-electron chi connectivity index (χ3n) is 9.19. The van der Waals surface area contributed by atoms with Crippen LogP contribution in [-0.4, -0.2) is 117 Å². The summed E-state index contributed by atoms with van der Waals surface area (Å²) in [4.78, 5) is 34.9. The van der Waals surface area contributed by atoms with E-state index in [0.29, 0.717) is 31.6 Å². The summed E-state index contributed by atoms with van der Waals surface area (Å²) in [6, 6.07) is 11.9. The minimum Gasteiger partial charge on any atom is -0.492 e. The topological polar surface area (TPSA) is 129 Å². The van der Waals surface area contributed by atoms with Crippen molar-refractivity contribution in [2.45, 2.75) is 45.2 Å². The summed E-state index contributed by atoms with van der Waals surface area (Å²) < 4.78 is 39.9. The highest BCUT2D eigenvalue weighted by Gasteiger charge is 2.32. The molecule has 0 aliphatic carbocycles. The molecule has 48 heavy (non-hydrogen) atoms. The van der Waals surface area contributed by atoms with Gasteiger partial charge >= 0.3 is 12.1 Å². The number of benzene rings is 2. The molecule has 2 N–H and O–H groups in total. The lowest BCUT2D eigenvalue weighted by molar-refractivity contribution is 0.113. The van der Waals surface area contributed by atoms with E-state index in [0.717, 1.165) is 60.9 Å². The molecule has 2 aliphatic heterocycles. The Labute approximate surface area is 283 Å². The number of rotatable bonds is 8. The molecule has 2 aliphatic rings. The summed E-state index contributed by atoms with van der Waals surface area (Å²) in [5, 5.41) is 3.69. The molecule has 2 fully saturated rings. The average Bonchev–Trinajstić information content (AvgIpc) is 3.62. The second-order valence-electron chi connectivity index (χ2n) is 14.0. The van der Waals surface area contributed by atoms with Gasteiger partial charge in [-0.25, -0.2) is 18.0 Å². The van der Waals surface area contributed by atoms with E-state index >= 15 is 0 Å². The van der Waals surface area contributed by atoms with Crippen LogP contribution in [-0.2, 0) is 29.0 Å². The van der Waals surface area contributed by atoms with Crippen LogP contribution < -0.4 is 19.5 Å². The van der Waals surface area contributed by atoms with Crippen molar-refractivity contribution in [3.63, 3.8) is 0 Å². The third-order valence-corrected chi connectivity index (χ3v) is 9.78. The SMILES string of the molecule is COc1c(NC(=O)Oc2cc3cccc(CN4CCN(C(=O)N5CC[C@H](N(C)C)C5)CC4)c3n2C)cc(C(C)(C)C)cc1NS(C)(=O)=O. The monoisotopic (exact) mass is 683 g/mol. The average molecular weight is 684 g/mol. The Morgan fingerprint density at radius 3 is 2.29 bits per heavy atom. The number of aromatic nitrogens is 1. The largest absolute Gasteiger partial charge is 0.492 e. The van der Waals surface area contributed by atoms with Crippen LogP contribution >= 0.6 is 0 Å². The van der Waals surface area contributed by atoms with Crippen molar-refractivity contribution in [3.05, 3.63) is 47.5 Å². The number of methoxy groups -OCH3 is 1. The molecule has 0 bridgehead atoms. The van der Waals surface area contributed by atoms with Gasteiger partial charge in [0.1, 0.15) is 0 Å². The van der Waals surface area contributed by atoms with Crippen LogP contribution in [0.2, 0.25) is 0 Å². The minimum atomic E-state index is -3.62. The van der Waals surface area contributed by atoms with Gasteiger partial charge in [0.2, 0.25) is 15.9 Å². The van der Waals surface area contributed by atoms with E-state index in [1.165, 1.54) is 7.11 Å². The Balaban J connectivity index is 1.28. The number of likely N-dealkylation sites (tertiary alicyclic amines) is 1. The second-order valence-corrected chi connectivity index (χ2v) is 15.8. The van der Waals surface area contributed by atoms with Crippen molar-refractivity contribution in [2.24, 2.45) is 7.05 Å². The lowest BCUT2D eigenvalue weighted by atomic mass is 9.86. The van der Waals surface area contributed by atoms with E-state index in [1.54, 1.807) is 12.1 Å². The maximum Gasteiger partial charge on any atom is 0.418 e. The zero-order chi connectivity index (χ0) is 35.0. The fourth-order valence-corrected chi connectivity index (χ4v) is 7.01. The van der Waals surface area contributed by atoms with E-state index in [4.69, 9.17) is 9.47 Å². The van der Waals surface area contributed by atoms with Gasteiger partial charge in [-0.05, 0) is 49.2 Å². The molecule has 0 unspecified atom stereocenters. The summed E-state index contributed by atoms with van der Waals surface area (Å²) in [6.45, 7) is 11.2. The highest BCUT2D eigenvalue weighted by molar-refractivity contribution is 7.92. The molecule has 3 amide bonds. The zero-order valence-corrected chi connectivity index (χ0v) is 30.1. The van der Waals surface area contributed by atoms with Crippen LogP contribution in [0, 0.1) is 0 Å². The molecule has 0 saturated carbocycles. The van der Waals surface area contributed by atoms with Crippen LogP contribution in [0.4, 0.5) is 21.0 Å². The summed E-state index contributed by atoms with van der Waals surface area (Å²) in [5.41, 5.74) is 2.99. The molecule has 3 heterocycles. The van der Waals surface area contributed by atoms with Gasteiger partial charge in [0.05, 0.1) is 30.3 Å². The minimum absolute atomic E-state index is 0.134. The number of urea groups is 1. The van der Waals surface area contributed by atoms with Crippen molar-refractivity contribution in [3.8, 4) is 11.6 Å². The molecule has 14 heteroatoms. The van der Waals surface area contributed by atoms with E-state index in [2.05, 4.69) is 40.0 Å². The number of nitrogens with one attached hydrogen (secondary N) is 2. The number of aryl methyl sites for hydroxylation is 1. The fourth-order valence-electron chi connectivity index (χ4n) is 6.46.